The van der Waals surface area contributed by atoms with Gasteiger partial charge in [-0.05, 0) is 43.9 Å². The number of anilines is 1. The molecule has 0 bridgehead atoms. The van der Waals surface area contributed by atoms with Gasteiger partial charge in [0, 0.05) is 35.5 Å². The van der Waals surface area contributed by atoms with Gasteiger partial charge in [0.05, 0.1) is 11.9 Å². The average Bonchev–Trinajstić information content (AvgIpc) is 2.64. The maximum absolute atomic E-state index is 12.2. The highest BCUT2D eigenvalue weighted by atomic mass is 35.5. The van der Waals surface area contributed by atoms with Gasteiger partial charge in [-0.1, -0.05) is 36.9 Å². The zero-order chi connectivity index (χ0) is 20.6. The third-order valence-corrected chi connectivity index (χ3v) is 7.73. The van der Waals surface area contributed by atoms with Gasteiger partial charge in [0.15, 0.2) is 0 Å². The summed E-state index contributed by atoms with van der Waals surface area (Å²) in [7, 11) is -3.45. The lowest BCUT2D eigenvalue weighted by molar-refractivity contribution is -0.121. The molecule has 1 aromatic carbocycles. The van der Waals surface area contributed by atoms with Gasteiger partial charge in [-0.25, -0.2) is 8.42 Å². The molecule has 0 unspecified atom stereocenters. The van der Waals surface area contributed by atoms with Crippen LogP contribution in [0.1, 0.15) is 50.5 Å². The zero-order valence-corrected chi connectivity index (χ0v) is 19.1. The summed E-state index contributed by atoms with van der Waals surface area (Å²) in [6, 6.07) is 5.19. The molecule has 28 heavy (non-hydrogen) atoms. The molecule has 0 aliphatic heterocycles. The van der Waals surface area contributed by atoms with Crippen molar-refractivity contribution in [2.45, 2.75) is 57.1 Å². The lowest BCUT2D eigenvalue weighted by Crippen LogP contribution is -2.33. The van der Waals surface area contributed by atoms with E-state index in [4.69, 9.17) is 11.6 Å². The van der Waals surface area contributed by atoms with Crippen molar-refractivity contribution in [3.05, 3.63) is 28.8 Å². The standard InChI is InChI=1S/C20H31ClN2O3S2/c1-16-10-11-17(21)15-19(16)23(28(2,25)26)13-6-9-20(24)22-12-14-27-18-7-4-3-5-8-18/h10-11,15,18H,3-9,12-14H2,1-2H3,(H,22,24). The second-order valence-electron chi connectivity index (χ2n) is 7.35. The van der Waals surface area contributed by atoms with E-state index in [1.165, 1.54) is 42.7 Å². The van der Waals surface area contributed by atoms with E-state index in [1.54, 1.807) is 18.2 Å². The number of carbonyl (C=O) groups is 1. The number of amides is 1. The van der Waals surface area contributed by atoms with Crippen molar-refractivity contribution in [3.8, 4) is 0 Å². The van der Waals surface area contributed by atoms with E-state index in [9.17, 15) is 13.2 Å². The summed E-state index contributed by atoms with van der Waals surface area (Å²) >= 11 is 7.99. The molecular weight excluding hydrogens is 416 g/mol. The fourth-order valence-electron chi connectivity index (χ4n) is 3.44. The molecule has 8 heteroatoms. The minimum atomic E-state index is -3.45. The number of nitrogens with zero attached hydrogens (tertiary/aromatic N) is 1. The van der Waals surface area contributed by atoms with Crippen molar-refractivity contribution in [3.63, 3.8) is 0 Å². The first-order valence-electron chi connectivity index (χ1n) is 9.89. The summed E-state index contributed by atoms with van der Waals surface area (Å²) in [6.07, 6.45) is 8.54. The highest BCUT2D eigenvalue weighted by Gasteiger charge is 2.20. The molecule has 0 aromatic heterocycles. The van der Waals surface area contributed by atoms with Gasteiger partial charge in [-0.3, -0.25) is 9.10 Å². The Labute approximate surface area is 178 Å². The zero-order valence-electron chi connectivity index (χ0n) is 16.7. The SMILES string of the molecule is Cc1ccc(Cl)cc1N(CCCC(=O)NCCSC1CCCCC1)S(C)(=O)=O. The Hall–Kier alpha value is -0.920. The van der Waals surface area contributed by atoms with Crippen LogP contribution in [-0.4, -0.2) is 44.7 Å². The van der Waals surface area contributed by atoms with Gasteiger partial charge in [-0.15, -0.1) is 0 Å². The van der Waals surface area contributed by atoms with Crippen LogP contribution < -0.4 is 9.62 Å². The molecular formula is C20H31ClN2O3S2. The van der Waals surface area contributed by atoms with Crippen LogP contribution in [0.4, 0.5) is 5.69 Å². The number of carbonyl (C=O) groups excluding carboxylic acids is 1. The molecule has 0 heterocycles. The number of benzene rings is 1. The Morgan fingerprint density at radius 3 is 2.68 bits per heavy atom. The van der Waals surface area contributed by atoms with E-state index in [2.05, 4.69) is 5.32 Å². The normalized spacial score (nSPS) is 15.4. The second kappa shape index (κ2) is 11.3. The summed E-state index contributed by atoms with van der Waals surface area (Å²) in [5.41, 5.74) is 1.40. The Morgan fingerprint density at radius 1 is 1.29 bits per heavy atom. The number of hydrogen-bond acceptors (Lipinski definition) is 4. The molecule has 1 N–H and O–H groups in total. The number of thioether (sulfide) groups is 1. The molecule has 5 nitrogen and oxygen atoms in total. The number of rotatable bonds is 10. The van der Waals surface area contributed by atoms with Crippen LogP contribution in [0.25, 0.3) is 0 Å². The topological polar surface area (TPSA) is 66.5 Å². The molecule has 2 rings (SSSR count). The maximum Gasteiger partial charge on any atom is 0.232 e. The first kappa shape index (κ1) is 23.4. The largest absolute Gasteiger partial charge is 0.355 e. The fourth-order valence-corrected chi connectivity index (χ4v) is 5.84. The molecule has 0 spiro atoms. The fraction of sp³-hybridized carbons (Fsp3) is 0.650. The number of hydrogen-bond donors (Lipinski definition) is 1. The summed E-state index contributed by atoms with van der Waals surface area (Å²) in [4.78, 5) is 12.1. The third kappa shape index (κ3) is 7.84. The number of nitrogens with one attached hydrogen (secondary N) is 1. The smallest absolute Gasteiger partial charge is 0.232 e. The van der Waals surface area contributed by atoms with E-state index < -0.39 is 10.0 Å². The quantitative estimate of drug-likeness (QED) is 0.541. The lowest BCUT2D eigenvalue weighted by Gasteiger charge is -2.24. The van der Waals surface area contributed by atoms with Crippen LogP contribution in [0.2, 0.25) is 5.02 Å². The molecule has 0 saturated heterocycles. The van der Waals surface area contributed by atoms with Gasteiger partial charge < -0.3 is 5.32 Å². The molecule has 1 aliphatic rings. The van der Waals surface area contributed by atoms with Gasteiger partial charge in [0.2, 0.25) is 15.9 Å². The van der Waals surface area contributed by atoms with E-state index in [-0.39, 0.29) is 12.5 Å². The van der Waals surface area contributed by atoms with Crippen molar-refractivity contribution < 1.29 is 13.2 Å². The number of aryl methyl sites for hydroxylation is 1. The minimum absolute atomic E-state index is 0.0273. The number of sulfonamides is 1. The molecule has 158 valence electrons. The summed E-state index contributed by atoms with van der Waals surface area (Å²) < 4.78 is 25.8. The van der Waals surface area contributed by atoms with Crippen LogP contribution in [-0.2, 0) is 14.8 Å². The Bertz CT molecular complexity index is 750. The van der Waals surface area contributed by atoms with Crippen molar-refractivity contribution in [2.75, 3.05) is 29.4 Å². The molecule has 0 atom stereocenters. The van der Waals surface area contributed by atoms with Gasteiger partial charge in [-0.2, -0.15) is 11.8 Å². The summed E-state index contributed by atoms with van der Waals surface area (Å²) in [6.45, 7) is 2.77. The Balaban J connectivity index is 1.75. The molecule has 1 saturated carbocycles. The van der Waals surface area contributed by atoms with Crippen molar-refractivity contribution in [1.29, 1.82) is 0 Å². The first-order valence-corrected chi connectivity index (χ1v) is 13.2. The predicted octanol–water partition coefficient (Wildman–Crippen LogP) is 4.38. The highest BCUT2D eigenvalue weighted by molar-refractivity contribution is 7.99. The van der Waals surface area contributed by atoms with Crippen LogP contribution in [0.3, 0.4) is 0 Å². The maximum atomic E-state index is 12.2. The molecule has 1 aromatic rings. The van der Waals surface area contributed by atoms with Crippen LogP contribution in [0, 0.1) is 6.92 Å². The van der Waals surface area contributed by atoms with Crippen LogP contribution in [0.5, 0.6) is 0 Å². The monoisotopic (exact) mass is 446 g/mol. The average molecular weight is 447 g/mol. The second-order valence-corrected chi connectivity index (χ2v) is 11.1. The molecule has 0 radical (unpaired) electrons. The molecule has 1 fully saturated rings. The van der Waals surface area contributed by atoms with E-state index >= 15 is 0 Å². The summed E-state index contributed by atoms with van der Waals surface area (Å²) in [5.74, 6) is 0.911. The Morgan fingerprint density at radius 2 is 2.00 bits per heavy atom. The highest BCUT2D eigenvalue weighted by Crippen LogP contribution is 2.28. The first-order chi connectivity index (χ1) is 13.3. The van der Waals surface area contributed by atoms with Crippen molar-refractivity contribution >= 4 is 45.0 Å². The van der Waals surface area contributed by atoms with Gasteiger partial charge in [0.1, 0.15) is 0 Å². The Kier molecular flexibility index (Phi) is 9.44. The molecule has 1 aliphatic carbocycles. The van der Waals surface area contributed by atoms with Crippen molar-refractivity contribution in [1.82, 2.24) is 5.32 Å². The van der Waals surface area contributed by atoms with Crippen LogP contribution >= 0.6 is 23.4 Å². The summed E-state index contributed by atoms with van der Waals surface area (Å²) in [5, 5.41) is 4.18. The van der Waals surface area contributed by atoms with Gasteiger partial charge in [0.25, 0.3) is 0 Å². The minimum Gasteiger partial charge on any atom is -0.355 e. The number of halogens is 1. The van der Waals surface area contributed by atoms with E-state index in [0.717, 1.165) is 16.6 Å². The van der Waals surface area contributed by atoms with E-state index in [0.29, 0.717) is 30.1 Å². The third-order valence-electron chi connectivity index (χ3n) is 4.94. The predicted molar refractivity (Wildman–Crippen MR) is 120 cm³/mol. The van der Waals surface area contributed by atoms with Gasteiger partial charge >= 0.3 is 0 Å². The van der Waals surface area contributed by atoms with Crippen LogP contribution in [0.15, 0.2) is 18.2 Å². The lowest BCUT2D eigenvalue weighted by atomic mass is 10.0. The van der Waals surface area contributed by atoms with E-state index in [1.807, 2.05) is 18.7 Å². The molecule has 1 amide bonds. The van der Waals surface area contributed by atoms with Crippen molar-refractivity contribution in [2.24, 2.45) is 0 Å².